The Kier molecular flexibility index (Phi) is 3.00. The molecule has 0 unspecified atom stereocenters. The average Bonchev–Trinajstić information content (AvgIpc) is 3.12. The van der Waals surface area contributed by atoms with Crippen molar-refractivity contribution in [3.63, 3.8) is 0 Å². The van der Waals surface area contributed by atoms with Crippen LogP contribution in [0.1, 0.15) is 36.0 Å². The summed E-state index contributed by atoms with van der Waals surface area (Å²) in [5, 5.41) is 8.49. The molecule has 0 spiro atoms. The van der Waals surface area contributed by atoms with Gasteiger partial charge < -0.3 is 14.4 Å². The van der Waals surface area contributed by atoms with E-state index < -0.39 is 0 Å². The Labute approximate surface area is 123 Å². The summed E-state index contributed by atoms with van der Waals surface area (Å²) in [6.07, 6.45) is 4.46. The van der Waals surface area contributed by atoms with E-state index in [1.54, 1.807) is 0 Å². The molecular weight excluding hydrogens is 264 g/mol. The van der Waals surface area contributed by atoms with E-state index in [1.807, 2.05) is 7.05 Å². The van der Waals surface area contributed by atoms with Gasteiger partial charge in [0.25, 0.3) is 0 Å². The number of aromatic nitrogens is 3. The first-order valence-electron chi connectivity index (χ1n) is 7.38. The molecule has 5 heteroatoms. The fraction of sp³-hybridized carbons (Fsp3) is 0.375. The Morgan fingerprint density at radius 2 is 2.24 bits per heavy atom. The van der Waals surface area contributed by atoms with Gasteiger partial charge in [-0.25, -0.2) is 0 Å². The summed E-state index contributed by atoms with van der Waals surface area (Å²) in [6, 6.07) is 8.64. The van der Waals surface area contributed by atoms with Gasteiger partial charge in [0.15, 0.2) is 5.82 Å². The van der Waals surface area contributed by atoms with E-state index >= 15 is 0 Å². The number of hydrogen-bond acceptors (Lipinski definition) is 4. The van der Waals surface area contributed by atoms with Gasteiger partial charge in [0.1, 0.15) is 6.54 Å². The molecule has 2 aromatic heterocycles. The molecule has 0 radical (unpaired) electrons. The molecule has 5 nitrogen and oxygen atoms in total. The first kappa shape index (κ1) is 12.6. The molecule has 1 aliphatic rings. The highest BCUT2D eigenvalue weighted by Gasteiger charge is 2.28. The lowest BCUT2D eigenvalue weighted by atomic mass is 10.1. The van der Waals surface area contributed by atoms with Crippen LogP contribution >= 0.6 is 0 Å². The fourth-order valence-corrected chi connectivity index (χ4v) is 2.67. The van der Waals surface area contributed by atoms with Crippen molar-refractivity contribution < 1.29 is 4.52 Å². The van der Waals surface area contributed by atoms with E-state index in [2.05, 4.69) is 50.5 Å². The summed E-state index contributed by atoms with van der Waals surface area (Å²) in [4.78, 5) is 4.50. The van der Waals surface area contributed by atoms with Gasteiger partial charge in [0.2, 0.25) is 5.89 Å². The lowest BCUT2D eigenvalue weighted by Gasteiger charge is -2.04. The molecule has 0 bridgehead atoms. The number of benzene rings is 1. The largest absolute Gasteiger partial charge is 0.338 e. The molecule has 1 N–H and O–H groups in total. The molecule has 1 aliphatic carbocycles. The van der Waals surface area contributed by atoms with Gasteiger partial charge in [-0.15, -0.1) is 0 Å². The van der Waals surface area contributed by atoms with Crippen LogP contribution in [0.5, 0.6) is 0 Å². The van der Waals surface area contributed by atoms with Crippen molar-refractivity contribution in [3.8, 4) is 0 Å². The highest BCUT2D eigenvalue weighted by atomic mass is 16.5. The highest BCUT2D eigenvalue weighted by Crippen LogP contribution is 2.38. The van der Waals surface area contributed by atoms with Crippen LogP contribution in [0.4, 0.5) is 0 Å². The lowest BCUT2D eigenvalue weighted by molar-refractivity contribution is 0.367. The SMILES string of the molecule is CNCc1ccc2ccn(Cc3nc(C4CC4)no3)c2c1. The summed E-state index contributed by atoms with van der Waals surface area (Å²) in [7, 11) is 1.96. The smallest absolute Gasteiger partial charge is 0.246 e. The Morgan fingerprint density at radius 1 is 1.33 bits per heavy atom. The minimum Gasteiger partial charge on any atom is -0.338 e. The lowest BCUT2D eigenvalue weighted by Crippen LogP contribution is -2.05. The van der Waals surface area contributed by atoms with Crippen molar-refractivity contribution in [2.45, 2.75) is 31.8 Å². The van der Waals surface area contributed by atoms with Gasteiger partial charge >= 0.3 is 0 Å². The quantitative estimate of drug-likeness (QED) is 0.781. The first-order chi connectivity index (χ1) is 10.3. The number of fused-ring (bicyclic) bond motifs is 1. The summed E-state index contributed by atoms with van der Waals surface area (Å²) >= 11 is 0. The Morgan fingerprint density at radius 3 is 3.05 bits per heavy atom. The van der Waals surface area contributed by atoms with E-state index in [0.29, 0.717) is 18.4 Å². The van der Waals surface area contributed by atoms with Crippen LogP contribution in [0, 0.1) is 0 Å². The molecule has 0 atom stereocenters. The van der Waals surface area contributed by atoms with Crippen LogP contribution in [-0.4, -0.2) is 21.8 Å². The van der Waals surface area contributed by atoms with E-state index in [1.165, 1.54) is 29.3 Å². The van der Waals surface area contributed by atoms with Crippen molar-refractivity contribution in [1.82, 2.24) is 20.0 Å². The zero-order valence-corrected chi connectivity index (χ0v) is 12.0. The minimum absolute atomic E-state index is 0.533. The third-order valence-corrected chi connectivity index (χ3v) is 3.95. The van der Waals surface area contributed by atoms with Gasteiger partial charge in [-0.1, -0.05) is 17.3 Å². The molecule has 1 aromatic carbocycles. The van der Waals surface area contributed by atoms with Crippen LogP contribution in [0.2, 0.25) is 0 Å². The van der Waals surface area contributed by atoms with Gasteiger partial charge in [-0.05, 0) is 43.0 Å². The molecule has 21 heavy (non-hydrogen) atoms. The third kappa shape index (κ3) is 2.45. The molecule has 108 valence electrons. The van der Waals surface area contributed by atoms with Crippen molar-refractivity contribution in [3.05, 3.63) is 47.7 Å². The van der Waals surface area contributed by atoms with Crippen molar-refractivity contribution in [1.29, 1.82) is 0 Å². The van der Waals surface area contributed by atoms with E-state index in [9.17, 15) is 0 Å². The summed E-state index contributed by atoms with van der Waals surface area (Å²) in [6.45, 7) is 1.50. The first-order valence-corrected chi connectivity index (χ1v) is 7.38. The fourth-order valence-electron chi connectivity index (χ4n) is 2.67. The zero-order valence-electron chi connectivity index (χ0n) is 12.0. The second-order valence-electron chi connectivity index (χ2n) is 5.69. The van der Waals surface area contributed by atoms with Crippen molar-refractivity contribution >= 4 is 10.9 Å². The molecular formula is C16H18N4O. The van der Waals surface area contributed by atoms with E-state index in [4.69, 9.17) is 4.52 Å². The molecule has 2 heterocycles. The molecule has 0 amide bonds. The second kappa shape index (κ2) is 5.00. The zero-order chi connectivity index (χ0) is 14.2. The molecule has 1 fully saturated rings. The molecule has 3 aromatic rings. The summed E-state index contributed by atoms with van der Waals surface area (Å²) in [5.74, 6) is 2.09. The van der Waals surface area contributed by atoms with Gasteiger partial charge in [-0.3, -0.25) is 0 Å². The monoisotopic (exact) mass is 282 g/mol. The van der Waals surface area contributed by atoms with E-state index in [-0.39, 0.29) is 0 Å². The maximum atomic E-state index is 5.37. The predicted molar refractivity (Wildman–Crippen MR) is 80.1 cm³/mol. The van der Waals surface area contributed by atoms with Crippen LogP contribution in [0.25, 0.3) is 10.9 Å². The molecule has 1 saturated carbocycles. The van der Waals surface area contributed by atoms with Crippen molar-refractivity contribution in [2.75, 3.05) is 7.05 Å². The summed E-state index contributed by atoms with van der Waals surface area (Å²) in [5.41, 5.74) is 2.48. The average molecular weight is 282 g/mol. The number of hydrogen-bond donors (Lipinski definition) is 1. The van der Waals surface area contributed by atoms with Gasteiger partial charge in [0, 0.05) is 24.2 Å². The molecule has 4 rings (SSSR count). The van der Waals surface area contributed by atoms with Crippen LogP contribution in [0.15, 0.2) is 35.0 Å². The maximum Gasteiger partial charge on any atom is 0.246 e. The summed E-state index contributed by atoms with van der Waals surface area (Å²) < 4.78 is 7.54. The van der Waals surface area contributed by atoms with Gasteiger partial charge in [-0.2, -0.15) is 4.98 Å². The van der Waals surface area contributed by atoms with Gasteiger partial charge in [0.05, 0.1) is 0 Å². The predicted octanol–water partition coefficient (Wildman–Crippen LogP) is 2.67. The maximum absolute atomic E-state index is 5.37. The van der Waals surface area contributed by atoms with Crippen LogP contribution in [-0.2, 0) is 13.1 Å². The van der Waals surface area contributed by atoms with Crippen molar-refractivity contribution in [2.24, 2.45) is 0 Å². The molecule has 0 aliphatic heterocycles. The van der Waals surface area contributed by atoms with E-state index in [0.717, 1.165) is 12.4 Å². The minimum atomic E-state index is 0.533. The number of rotatable bonds is 5. The molecule has 0 saturated heterocycles. The normalized spacial score (nSPS) is 14.9. The Bertz CT molecular complexity index is 770. The topological polar surface area (TPSA) is 55.9 Å². The number of nitrogens with one attached hydrogen (secondary N) is 1. The van der Waals surface area contributed by atoms with Crippen LogP contribution < -0.4 is 5.32 Å². The standard InChI is InChI=1S/C16H18N4O/c1-17-9-11-2-3-12-6-7-20(14(12)8-11)10-15-18-16(19-21-15)13-4-5-13/h2-3,6-8,13,17H,4-5,9-10H2,1H3. The number of nitrogens with zero attached hydrogens (tertiary/aromatic N) is 3. The van der Waals surface area contributed by atoms with Crippen LogP contribution in [0.3, 0.4) is 0 Å². The second-order valence-corrected chi connectivity index (χ2v) is 5.69. The Balaban J connectivity index is 1.63. The Hall–Kier alpha value is -2.14. The highest BCUT2D eigenvalue weighted by molar-refractivity contribution is 5.80. The third-order valence-electron chi connectivity index (χ3n) is 3.95.